The zero-order valence-electron chi connectivity index (χ0n) is 18.5. The number of likely N-dealkylation sites (N-methyl/N-ethyl adjacent to an activating group) is 1. The van der Waals surface area contributed by atoms with Crippen LogP contribution in [0, 0.1) is 6.92 Å². The Morgan fingerprint density at radius 1 is 1.13 bits per heavy atom. The fraction of sp³-hybridized carbons (Fsp3) is 0.545. The summed E-state index contributed by atoms with van der Waals surface area (Å²) in [6, 6.07) is 7.80. The molecule has 160 valence electrons. The number of pyridine rings is 1. The highest BCUT2D eigenvalue weighted by Gasteiger charge is 2.34. The number of benzene rings is 1. The SMILES string of the molecule is CCN1CCN([C@H](c2cc3cc(C)ccc3[nH]c2=O)c2nnnn2C(C)(C)C)CC1. The summed E-state index contributed by atoms with van der Waals surface area (Å²) in [5, 5.41) is 13.7. The minimum atomic E-state index is -0.299. The fourth-order valence-corrected chi connectivity index (χ4v) is 4.23. The van der Waals surface area contributed by atoms with Crippen LogP contribution >= 0.6 is 0 Å². The maximum atomic E-state index is 13.2. The summed E-state index contributed by atoms with van der Waals surface area (Å²) in [4.78, 5) is 21.0. The molecule has 0 spiro atoms. The largest absolute Gasteiger partial charge is 0.322 e. The fourth-order valence-electron chi connectivity index (χ4n) is 4.23. The average molecular weight is 410 g/mol. The van der Waals surface area contributed by atoms with Gasteiger partial charge in [-0.2, -0.15) is 0 Å². The van der Waals surface area contributed by atoms with Crippen LogP contribution in [0.15, 0.2) is 29.1 Å². The highest BCUT2D eigenvalue weighted by atomic mass is 16.1. The highest BCUT2D eigenvalue weighted by Crippen LogP contribution is 2.30. The van der Waals surface area contributed by atoms with Crippen LogP contribution < -0.4 is 5.56 Å². The third-order valence-electron chi connectivity index (χ3n) is 5.92. The first-order chi connectivity index (χ1) is 14.3. The summed E-state index contributed by atoms with van der Waals surface area (Å²) in [7, 11) is 0. The van der Waals surface area contributed by atoms with Crippen molar-refractivity contribution in [3.8, 4) is 0 Å². The van der Waals surface area contributed by atoms with Gasteiger partial charge in [0.1, 0.15) is 6.04 Å². The van der Waals surface area contributed by atoms with Gasteiger partial charge in [-0.25, -0.2) is 4.68 Å². The molecule has 1 aliphatic heterocycles. The molecule has 8 nitrogen and oxygen atoms in total. The van der Waals surface area contributed by atoms with Crippen LogP contribution in [0.2, 0.25) is 0 Å². The number of fused-ring (bicyclic) bond motifs is 1. The Labute approximate surface area is 176 Å². The number of H-pyrrole nitrogens is 1. The minimum absolute atomic E-state index is 0.0854. The first-order valence-corrected chi connectivity index (χ1v) is 10.7. The molecule has 0 saturated carbocycles. The standard InChI is InChI=1S/C22H31N7O/c1-6-27-9-11-28(12-10-27)19(20-24-25-26-29(20)22(3,4)5)17-14-16-13-15(2)7-8-18(16)23-21(17)30/h7-8,13-14,19H,6,9-12H2,1-5H3,(H,23,30)/t19-/m1/s1. The Morgan fingerprint density at radius 3 is 2.53 bits per heavy atom. The van der Waals surface area contributed by atoms with Crippen molar-refractivity contribution >= 4 is 10.9 Å². The molecule has 3 aromatic rings. The van der Waals surface area contributed by atoms with E-state index >= 15 is 0 Å². The Bertz CT molecular complexity index is 1090. The lowest BCUT2D eigenvalue weighted by molar-refractivity contribution is 0.105. The monoisotopic (exact) mass is 409 g/mol. The molecule has 1 N–H and O–H groups in total. The van der Waals surface area contributed by atoms with Crippen molar-refractivity contribution < 1.29 is 0 Å². The molecule has 0 unspecified atom stereocenters. The normalized spacial score (nSPS) is 17.5. The van der Waals surface area contributed by atoms with Crippen molar-refractivity contribution in [2.75, 3.05) is 32.7 Å². The second kappa shape index (κ2) is 7.92. The van der Waals surface area contributed by atoms with Crippen LogP contribution in [-0.4, -0.2) is 67.7 Å². The van der Waals surface area contributed by atoms with Crippen LogP contribution in [0.5, 0.6) is 0 Å². The number of hydrogen-bond donors (Lipinski definition) is 1. The lowest BCUT2D eigenvalue weighted by atomic mass is 10.0. The van der Waals surface area contributed by atoms with E-state index in [4.69, 9.17) is 0 Å². The molecule has 0 radical (unpaired) electrons. The smallest absolute Gasteiger partial charge is 0.253 e. The molecular weight excluding hydrogens is 378 g/mol. The lowest BCUT2D eigenvalue weighted by Gasteiger charge is -2.39. The molecule has 30 heavy (non-hydrogen) atoms. The van der Waals surface area contributed by atoms with E-state index in [2.05, 4.69) is 71.0 Å². The number of tetrazole rings is 1. The number of hydrogen-bond acceptors (Lipinski definition) is 6. The number of aromatic nitrogens is 5. The van der Waals surface area contributed by atoms with Crippen molar-refractivity contribution in [1.82, 2.24) is 35.0 Å². The summed E-state index contributed by atoms with van der Waals surface area (Å²) in [6.07, 6.45) is 0. The number of aryl methyl sites for hydroxylation is 1. The predicted molar refractivity (Wildman–Crippen MR) is 118 cm³/mol. The number of piperazine rings is 1. The molecule has 4 rings (SSSR count). The highest BCUT2D eigenvalue weighted by molar-refractivity contribution is 5.79. The topological polar surface area (TPSA) is 82.9 Å². The molecule has 8 heteroatoms. The van der Waals surface area contributed by atoms with Crippen molar-refractivity contribution in [2.45, 2.75) is 46.2 Å². The van der Waals surface area contributed by atoms with E-state index in [9.17, 15) is 4.79 Å². The van der Waals surface area contributed by atoms with Gasteiger partial charge in [0.25, 0.3) is 5.56 Å². The first-order valence-electron chi connectivity index (χ1n) is 10.7. The molecule has 1 saturated heterocycles. The number of nitrogens with one attached hydrogen (secondary N) is 1. The van der Waals surface area contributed by atoms with Gasteiger partial charge in [-0.15, -0.1) is 5.10 Å². The molecular formula is C22H31N7O. The summed E-state index contributed by atoms with van der Waals surface area (Å²) in [5.74, 6) is 0.713. The van der Waals surface area contributed by atoms with Crippen molar-refractivity contribution in [2.24, 2.45) is 0 Å². The second-order valence-electron chi connectivity index (χ2n) is 9.14. The molecule has 1 aliphatic rings. The summed E-state index contributed by atoms with van der Waals surface area (Å²) >= 11 is 0. The predicted octanol–water partition coefficient (Wildman–Crippen LogP) is 2.30. The van der Waals surface area contributed by atoms with Crippen LogP contribution in [-0.2, 0) is 5.54 Å². The maximum absolute atomic E-state index is 13.2. The van der Waals surface area contributed by atoms with E-state index in [1.54, 1.807) is 0 Å². The Morgan fingerprint density at radius 2 is 1.87 bits per heavy atom. The van der Waals surface area contributed by atoms with Crippen LogP contribution in [0.4, 0.5) is 0 Å². The van der Waals surface area contributed by atoms with Crippen LogP contribution in [0.3, 0.4) is 0 Å². The van der Waals surface area contributed by atoms with Crippen LogP contribution in [0.1, 0.15) is 50.7 Å². The molecule has 1 atom stereocenters. The van der Waals surface area contributed by atoms with Gasteiger partial charge in [-0.3, -0.25) is 9.69 Å². The van der Waals surface area contributed by atoms with E-state index in [0.717, 1.165) is 49.2 Å². The van der Waals surface area contributed by atoms with Crippen LogP contribution in [0.25, 0.3) is 10.9 Å². The Balaban J connectivity index is 1.86. The summed E-state index contributed by atoms with van der Waals surface area (Å²) in [6.45, 7) is 15.2. The first kappa shape index (κ1) is 20.7. The quantitative estimate of drug-likeness (QED) is 0.712. The van der Waals surface area contributed by atoms with Gasteiger partial charge in [0.05, 0.1) is 5.54 Å². The third kappa shape index (κ3) is 3.89. The van der Waals surface area contributed by atoms with E-state index < -0.39 is 0 Å². The zero-order chi connectivity index (χ0) is 21.5. The van der Waals surface area contributed by atoms with Gasteiger partial charge >= 0.3 is 0 Å². The van der Waals surface area contributed by atoms with Crippen molar-refractivity contribution in [1.29, 1.82) is 0 Å². The van der Waals surface area contributed by atoms with Gasteiger partial charge in [0.2, 0.25) is 0 Å². The van der Waals surface area contributed by atoms with Gasteiger partial charge in [-0.05, 0) is 68.3 Å². The average Bonchev–Trinajstić information content (AvgIpc) is 3.19. The van der Waals surface area contributed by atoms with Gasteiger partial charge in [0.15, 0.2) is 5.82 Å². The lowest BCUT2D eigenvalue weighted by Crippen LogP contribution is -2.49. The van der Waals surface area contributed by atoms with Gasteiger partial charge < -0.3 is 9.88 Å². The molecule has 0 amide bonds. The van der Waals surface area contributed by atoms with Crippen molar-refractivity contribution in [3.05, 3.63) is 51.6 Å². The Kier molecular flexibility index (Phi) is 5.46. The van der Waals surface area contributed by atoms with E-state index in [1.807, 2.05) is 22.9 Å². The number of aromatic amines is 1. The molecule has 2 aromatic heterocycles. The van der Waals surface area contributed by atoms with Gasteiger partial charge in [-0.1, -0.05) is 18.6 Å². The third-order valence-corrected chi connectivity index (χ3v) is 5.92. The number of rotatable bonds is 4. The summed E-state index contributed by atoms with van der Waals surface area (Å²) in [5.41, 5.74) is 2.33. The minimum Gasteiger partial charge on any atom is -0.322 e. The maximum Gasteiger partial charge on any atom is 0.253 e. The zero-order valence-corrected chi connectivity index (χ0v) is 18.5. The molecule has 1 fully saturated rings. The number of nitrogens with zero attached hydrogens (tertiary/aromatic N) is 6. The Hall–Kier alpha value is -2.58. The molecule has 0 bridgehead atoms. The summed E-state index contributed by atoms with van der Waals surface area (Å²) < 4.78 is 1.85. The van der Waals surface area contributed by atoms with Crippen molar-refractivity contribution in [3.63, 3.8) is 0 Å². The molecule has 0 aliphatic carbocycles. The molecule has 1 aromatic carbocycles. The molecule has 3 heterocycles. The van der Waals surface area contributed by atoms with E-state index in [0.29, 0.717) is 11.4 Å². The van der Waals surface area contributed by atoms with E-state index in [1.165, 1.54) is 0 Å². The second-order valence-corrected chi connectivity index (χ2v) is 9.14. The van der Waals surface area contributed by atoms with Gasteiger partial charge in [0, 0.05) is 37.3 Å². The van der Waals surface area contributed by atoms with E-state index in [-0.39, 0.29) is 17.1 Å².